The van der Waals surface area contributed by atoms with E-state index < -0.39 is 6.10 Å². The summed E-state index contributed by atoms with van der Waals surface area (Å²) in [5, 5.41) is 10.8. The van der Waals surface area contributed by atoms with E-state index in [0.29, 0.717) is 23.6 Å². The van der Waals surface area contributed by atoms with Gasteiger partial charge in [0.2, 0.25) is 0 Å². The van der Waals surface area contributed by atoms with E-state index in [0.717, 1.165) is 5.56 Å². The van der Waals surface area contributed by atoms with Gasteiger partial charge in [0.15, 0.2) is 0 Å². The number of aliphatic hydroxyl groups excluding tert-OH is 1. The molecule has 3 N–H and O–H groups in total. The van der Waals surface area contributed by atoms with Gasteiger partial charge < -0.3 is 20.3 Å². The monoisotopic (exact) mass is 287 g/mol. The molecule has 2 atom stereocenters. The fraction of sp³-hybridized carbons (Fsp3) is 0.294. The van der Waals surface area contributed by atoms with Gasteiger partial charge in [-0.15, -0.1) is 0 Å². The molecule has 0 aliphatic heterocycles. The van der Waals surface area contributed by atoms with Crippen LogP contribution in [-0.4, -0.2) is 25.9 Å². The predicted molar refractivity (Wildman–Crippen MR) is 82.7 cm³/mol. The summed E-state index contributed by atoms with van der Waals surface area (Å²) in [6.07, 6.45) is -0.762. The summed E-state index contributed by atoms with van der Waals surface area (Å²) in [5.41, 5.74) is 7.55. The summed E-state index contributed by atoms with van der Waals surface area (Å²) in [6.45, 7) is 0.339. The summed E-state index contributed by atoms with van der Waals surface area (Å²) in [7, 11) is 3.17. The quantitative estimate of drug-likeness (QED) is 0.856. The first-order valence-corrected chi connectivity index (χ1v) is 6.86. The van der Waals surface area contributed by atoms with E-state index in [1.54, 1.807) is 32.4 Å². The van der Waals surface area contributed by atoms with Crippen LogP contribution < -0.4 is 15.2 Å². The Morgan fingerprint density at radius 1 is 1.05 bits per heavy atom. The third-order valence-electron chi connectivity index (χ3n) is 3.62. The molecule has 0 saturated carbocycles. The van der Waals surface area contributed by atoms with Gasteiger partial charge in [-0.3, -0.25) is 0 Å². The zero-order valence-corrected chi connectivity index (χ0v) is 12.3. The second kappa shape index (κ2) is 7.11. The van der Waals surface area contributed by atoms with Crippen LogP contribution in [0.3, 0.4) is 0 Å². The normalized spacial score (nSPS) is 13.5. The molecule has 0 saturated heterocycles. The molecule has 0 heterocycles. The largest absolute Gasteiger partial charge is 0.497 e. The molecule has 21 heavy (non-hydrogen) atoms. The van der Waals surface area contributed by atoms with Crippen molar-refractivity contribution in [2.24, 2.45) is 5.73 Å². The van der Waals surface area contributed by atoms with Crippen LogP contribution in [0.4, 0.5) is 0 Å². The summed E-state index contributed by atoms with van der Waals surface area (Å²) < 4.78 is 10.6. The molecule has 2 aromatic rings. The van der Waals surface area contributed by atoms with Crippen molar-refractivity contribution in [1.82, 2.24) is 0 Å². The van der Waals surface area contributed by atoms with Crippen molar-refractivity contribution in [3.8, 4) is 11.5 Å². The second-order valence-corrected chi connectivity index (χ2v) is 4.81. The van der Waals surface area contributed by atoms with Crippen LogP contribution in [0.5, 0.6) is 11.5 Å². The van der Waals surface area contributed by atoms with Gasteiger partial charge in [-0.2, -0.15) is 0 Å². The highest BCUT2D eigenvalue weighted by Gasteiger charge is 2.24. The van der Waals surface area contributed by atoms with Gasteiger partial charge in [-0.1, -0.05) is 30.3 Å². The Kier molecular flexibility index (Phi) is 5.20. The number of hydrogen-bond donors (Lipinski definition) is 2. The molecule has 0 bridgehead atoms. The molecule has 112 valence electrons. The topological polar surface area (TPSA) is 64.7 Å². The molecule has 0 amide bonds. The fourth-order valence-electron chi connectivity index (χ4n) is 2.43. The first-order chi connectivity index (χ1) is 10.2. The number of hydrogen-bond acceptors (Lipinski definition) is 4. The average molecular weight is 287 g/mol. The Morgan fingerprint density at radius 3 is 2.33 bits per heavy atom. The Morgan fingerprint density at radius 2 is 1.76 bits per heavy atom. The summed E-state index contributed by atoms with van der Waals surface area (Å²) in [5.74, 6) is 1.10. The minimum absolute atomic E-state index is 0.202. The highest BCUT2D eigenvalue weighted by Crippen LogP contribution is 2.37. The number of aliphatic hydroxyl groups is 1. The highest BCUT2D eigenvalue weighted by atomic mass is 16.5. The molecular formula is C17H21NO3. The fourth-order valence-corrected chi connectivity index (χ4v) is 2.43. The van der Waals surface area contributed by atoms with E-state index in [1.165, 1.54) is 0 Å². The number of nitrogens with two attached hydrogens (primary N) is 1. The molecule has 2 aromatic carbocycles. The lowest BCUT2D eigenvalue weighted by Gasteiger charge is -2.24. The molecule has 2 rings (SSSR count). The zero-order valence-electron chi connectivity index (χ0n) is 12.3. The van der Waals surface area contributed by atoms with Crippen LogP contribution in [0.2, 0.25) is 0 Å². The zero-order chi connectivity index (χ0) is 15.2. The van der Waals surface area contributed by atoms with Crippen LogP contribution in [0, 0.1) is 0 Å². The molecule has 0 spiro atoms. The van der Waals surface area contributed by atoms with E-state index in [1.807, 2.05) is 30.3 Å². The lowest BCUT2D eigenvalue weighted by Crippen LogP contribution is -2.20. The standard InChI is InChI=1S/C17H21NO3/c1-20-13-8-9-16(21-2)14(10-13)17(19)15(11-18)12-6-4-3-5-7-12/h3-10,15,17,19H,11,18H2,1-2H3. The first kappa shape index (κ1) is 15.4. The minimum Gasteiger partial charge on any atom is -0.497 e. The smallest absolute Gasteiger partial charge is 0.124 e. The Bertz CT molecular complexity index is 572. The van der Waals surface area contributed by atoms with Crippen LogP contribution in [0.15, 0.2) is 48.5 Å². The number of ether oxygens (including phenoxy) is 2. The summed E-state index contributed by atoms with van der Waals surface area (Å²) in [6, 6.07) is 15.1. The van der Waals surface area contributed by atoms with Crippen LogP contribution in [0.1, 0.15) is 23.1 Å². The lowest BCUT2D eigenvalue weighted by atomic mass is 9.88. The van der Waals surface area contributed by atoms with E-state index in [9.17, 15) is 5.11 Å². The van der Waals surface area contributed by atoms with Crippen molar-refractivity contribution < 1.29 is 14.6 Å². The van der Waals surface area contributed by atoms with Crippen molar-refractivity contribution in [2.75, 3.05) is 20.8 Å². The SMILES string of the molecule is COc1ccc(OC)c(C(O)C(CN)c2ccccc2)c1. The van der Waals surface area contributed by atoms with Crippen molar-refractivity contribution >= 4 is 0 Å². The van der Waals surface area contributed by atoms with Crippen LogP contribution >= 0.6 is 0 Å². The molecule has 0 aliphatic carbocycles. The van der Waals surface area contributed by atoms with Gasteiger partial charge in [-0.25, -0.2) is 0 Å². The van der Waals surface area contributed by atoms with Gasteiger partial charge in [-0.05, 0) is 23.8 Å². The maximum Gasteiger partial charge on any atom is 0.124 e. The Balaban J connectivity index is 2.39. The van der Waals surface area contributed by atoms with Gasteiger partial charge in [0, 0.05) is 18.0 Å². The lowest BCUT2D eigenvalue weighted by molar-refractivity contribution is 0.143. The van der Waals surface area contributed by atoms with E-state index in [2.05, 4.69) is 0 Å². The van der Waals surface area contributed by atoms with Gasteiger partial charge in [0.25, 0.3) is 0 Å². The van der Waals surface area contributed by atoms with E-state index >= 15 is 0 Å². The first-order valence-electron chi connectivity index (χ1n) is 6.86. The highest BCUT2D eigenvalue weighted by molar-refractivity contribution is 5.43. The maximum atomic E-state index is 10.8. The Labute approximate surface area is 125 Å². The van der Waals surface area contributed by atoms with E-state index in [-0.39, 0.29) is 5.92 Å². The molecular weight excluding hydrogens is 266 g/mol. The second-order valence-electron chi connectivity index (χ2n) is 4.81. The molecule has 0 radical (unpaired) electrons. The molecule has 2 unspecified atom stereocenters. The number of methoxy groups -OCH3 is 2. The van der Waals surface area contributed by atoms with Crippen molar-refractivity contribution in [2.45, 2.75) is 12.0 Å². The van der Waals surface area contributed by atoms with Gasteiger partial charge in [0.05, 0.1) is 20.3 Å². The van der Waals surface area contributed by atoms with E-state index in [4.69, 9.17) is 15.2 Å². The minimum atomic E-state index is -0.762. The van der Waals surface area contributed by atoms with Crippen LogP contribution in [0.25, 0.3) is 0 Å². The number of benzene rings is 2. The van der Waals surface area contributed by atoms with Gasteiger partial charge >= 0.3 is 0 Å². The predicted octanol–water partition coefficient (Wildman–Crippen LogP) is 2.48. The van der Waals surface area contributed by atoms with Crippen molar-refractivity contribution in [1.29, 1.82) is 0 Å². The molecule has 0 aliphatic rings. The van der Waals surface area contributed by atoms with Crippen LogP contribution in [-0.2, 0) is 0 Å². The number of rotatable bonds is 6. The molecule has 0 fully saturated rings. The average Bonchev–Trinajstić information content (AvgIpc) is 2.55. The van der Waals surface area contributed by atoms with Crippen molar-refractivity contribution in [3.63, 3.8) is 0 Å². The summed E-state index contributed by atoms with van der Waals surface area (Å²) >= 11 is 0. The maximum absolute atomic E-state index is 10.8. The van der Waals surface area contributed by atoms with Crippen molar-refractivity contribution in [3.05, 3.63) is 59.7 Å². The molecule has 0 aromatic heterocycles. The molecule has 4 nitrogen and oxygen atoms in total. The Hall–Kier alpha value is -2.04. The molecule has 4 heteroatoms. The third-order valence-corrected chi connectivity index (χ3v) is 3.62. The summed E-state index contributed by atoms with van der Waals surface area (Å²) in [4.78, 5) is 0. The van der Waals surface area contributed by atoms with Gasteiger partial charge in [0.1, 0.15) is 11.5 Å². The third kappa shape index (κ3) is 3.35.